The van der Waals surface area contributed by atoms with Crippen LogP contribution in [0, 0.1) is 5.92 Å². The van der Waals surface area contributed by atoms with Gasteiger partial charge >= 0.3 is 0 Å². The molecule has 1 aliphatic carbocycles. The number of halogens is 1. The van der Waals surface area contributed by atoms with E-state index in [1.165, 1.54) is 37.7 Å². The second-order valence-corrected chi connectivity index (χ2v) is 6.29. The van der Waals surface area contributed by atoms with Crippen molar-refractivity contribution in [2.45, 2.75) is 43.4 Å². The molecule has 1 nitrogen and oxygen atoms in total. The summed E-state index contributed by atoms with van der Waals surface area (Å²) in [7, 11) is 1.75. The zero-order valence-corrected chi connectivity index (χ0v) is 12.1. The molecule has 94 valence electrons. The molecule has 1 aromatic carbocycles. The molecule has 0 N–H and O–H groups in total. The Hall–Kier alpha value is -0.500. The van der Waals surface area contributed by atoms with Gasteiger partial charge in [-0.3, -0.25) is 0 Å². The molecule has 2 rings (SSSR count). The van der Waals surface area contributed by atoms with Gasteiger partial charge in [0.05, 0.1) is 7.11 Å². The van der Waals surface area contributed by atoms with Crippen molar-refractivity contribution >= 4 is 15.9 Å². The predicted octanol–water partition coefficient (Wildman–Crippen LogP) is 4.58. The van der Waals surface area contributed by atoms with Crippen molar-refractivity contribution in [2.24, 2.45) is 5.92 Å². The van der Waals surface area contributed by atoms with Gasteiger partial charge in [0.2, 0.25) is 0 Å². The molecule has 2 heteroatoms. The summed E-state index contributed by atoms with van der Waals surface area (Å²) in [4.78, 5) is 0.585. The predicted molar refractivity (Wildman–Crippen MR) is 76.0 cm³/mol. The Bertz CT molecular complexity index is 345. The molecule has 1 saturated carbocycles. The van der Waals surface area contributed by atoms with Gasteiger partial charge in [-0.15, -0.1) is 0 Å². The Morgan fingerprint density at radius 2 is 2.00 bits per heavy atom. The van der Waals surface area contributed by atoms with E-state index in [9.17, 15) is 0 Å². The number of hydrogen-bond donors (Lipinski definition) is 0. The van der Waals surface area contributed by atoms with Crippen molar-refractivity contribution in [3.8, 4) is 5.75 Å². The van der Waals surface area contributed by atoms with Gasteiger partial charge in [0.1, 0.15) is 5.75 Å². The summed E-state index contributed by atoms with van der Waals surface area (Å²) < 4.78 is 5.40. The molecular formula is C15H21BrO. The quantitative estimate of drug-likeness (QED) is 0.723. The van der Waals surface area contributed by atoms with Gasteiger partial charge in [0, 0.05) is 4.83 Å². The van der Waals surface area contributed by atoms with E-state index < -0.39 is 0 Å². The van der Waals surface area contributed by atoms with Crippen LogP contribution in [0.25, 0.3) is 0 Å². The Balaban J connectivity index is 1.90. The number of para-hydroxylation sites is 1. The second-order valence-electron chi connectivity index (χ2n) is 5.00. The molecule has 1 aromatic rings. The maximum absolute atomic E-state index is 5.40. The normalized spacial score (nSPS) is 18.2. The summed E-state index contributed by atoms with van der Waals surface area (Å²) in [5.41, 5.74) is 1.31. The van der Waals surface area contributed by atoms with Crippen molar-refractivity contribution < 1.29 is 4.74 Å². The van der Waals surface area contributed by atoms with Gasteiger partial charge < -0.3 is 4.74 Å². The lowest BCUT2D eigenvalue weighted by Gasteiger charge is -2.16. The average Bonchev–Trinajstić information content (AvgIpc) is 2.82. The van der Waals surface area contributed by atoms with Gasteiger partial charge in [-0.25, -0.2) is 0 Å². The van der Waals surface area contributed by atoms with Crippen molar-refractivity contribution in [1.82, 2.24) is 0 Å². The van der Waals surface area contributed by atoms with E-state index in [1.807, 2.05) is 12.1 Å². The smallest absolute Gasteiger partial charge is 0.122 e. The van der Waals surface area contributed by atoms with E-state index in [0.29, 0.717) is 4.83 Å². The molecule has 0 heterocycles. The molecule has 0 aromatic heterocycles. The third kappa shape index (κ3) is 3.74. The summed E-state index contributed by atoms with van der Waals surface area (Å²) in [6.45, 7) is 0. The lowest BCUT2D eigenvalue weighted by Crippen LogP contribution is -2.09. The van der Waals surface area contributed by atoms with Crippen LogP contribution in [-0.2, 0) is 6.42 Å². The fourth-order valence-electron chi connectivity index (χ4n) is 2.80. The van der Waals surface area contributed by atoms with Crippen molar-refractivity contribution in [1.29, 1.82) is 0 Å². The summed E-state index contributed by atoms with van der Waals surface area (Å²) in [6.07, 6.45) is 8.08. The van der Waals surface area contributed by atoms with Crippen LogP contribution in [0.1, 0.15) is 37.7 Å². The molecule has 1 fully saturated rings. The standard InChI is InChI=1S/C15H21BrO/c1-17-15-9-5-4-8-13(15)11-14(16)10-12-6-2-3-7-12/h4-5,8-9,12,14H,2-3,6-7,10-11H2,1H3. The number of benzene rings is 1. The van der Waals surface area contributed by atoms with Crippen LogP contribution in [0.4, 0.5) is 0 Å². The minimum absolute atomic E-state index is 0.585. The zero-order chi connectivity index (χ0) is 12.1. The Kier molecular flexibility index (Phi) is 4.90. The van der Waals surface area contributed by atoms with E-state index >= 15 is 0 Å². The third-order valence-corrected chi connectivity index (χ3v) is 4.40. The highest BCUT2D eigenvalue weighted by atomic mass is 79.9. The molecule has 1 unspecified atom stereocenters. The molecule has 0 saturated heterocycles. The Labute approximate surface area is 113 Å². The van der Waals surface area contributed by atoms with Gasteiger partial charge in [0.15, 0.2) is 0 Å². The summed E-state index contributed by atoms with van der Waals surface area (Å²) in [5.74, 6) is 1.96. The first-order valence-corrected chi connectivity index (χ1v) is 7.47. The van der Waals surface area contributed by atoms with Gasteiger partial charge in [-0.1, -0.05) is 59.8 Å². The van der Waals surface area contributed by atoms with Crippen LogP contribution < -0.4 is 4.74 Å². The van der Waals surface area contributed by atoms with E-state index in [0.717, 1.165) is 18.1 Å². The minimum Gasteiger partial charge on any atom is -0.496 e. The molecular weight excluding hydrogens is 276 g/mol. The van der Waals surface area contributed by atoms with Crippen LogP contribution in [0.15, 0.2) is 24.3 Å². The molecule has 0 amide bonds. The highest BCUT2D eigenvalue weighted by Crippen LogP contribution is 2.32. The molecule has 0 radical (unpaired) electrons. The molecule has 0 spiro atoms. The minimum atomic E-state index is 0.585. The fraction of sp³-hybridized carbons (Fsp3) is 0.600. The Morgan fingerprint density at radius 3 is 2.71 bits per heavy atom. The maximum Gasteiger partial charge on any atom is 0.122 e. The molecule has 1 aliphatic rings. The highest BCUT2D eigenvalue weighted by Gasteiger charge is 2.19. The summed E-state index contributed by atoms with van der Waals surface area (Å²) in [5, 5.41) is 0. The Morgan fingerprint density at radius 1 is 1.29 bits per heavy atom. The van der Waals surface area contributed by atoms with Crippen molar-refractivity contribution in [2.75, 3.05) is 7.11 Å². The first kappa shape index (κ1) is 12.9. The average molecular weight is 297 g/mol. The van der Waals surface area contributed by atoms with E-state index in [4.69, 9.17) is 4.74 Å². The van der Waals surface area contributed by atoms with Crippen LogP contribution in [0.5, 0.6) is 5.75 Å². The largest absolute Gasteiger partial charge is 0.496 e. The van der Waals surface area contributed by atoms with Crippen LogP contribution >= 0.6 is 15.9 Å². The lowest BCUT2D eigenvalue weighted by molar-refractivity contribution is 0.407. The van der Waals surface area contributed by atoms with Gasteiger partial charge in [-0.05, 0) is 30.4 Å². The number of alkyl halides is 1. The van der Waals surface area contributed by atoms with Crippen molar-refractivity contribution in [3.05, 3.63) is 29.8 Å². The van der Waals surface area contributed by atoms with Gasteiger partial charge in [0.25, 0.3) is 0 Å². The SMILES string of the molecule is COc1ccccc1CC(Br)CC1CCCC1. The molecule has 0 bridgehead atoms. The van der Waals surface area contributed by atoms with E-state index in [2.05, 4.69) is 28.1 Å². The molecule has 17 heavy (non-hydrogen) atoms. The van der Waals surface area contributed by atoms with E-state index in [1.54, 1.807) is 7.11 Å². The highest BCUT2D eigenvalue weighted by molar-refractivity contribution is 9.09. The van der Waals surface area contributed by atoms with Crippen LogP contribution in [-0.4, -0.2) is 11.9 Å². The number of methoxy groups -OCH3 is 1. The number of ether oxygens (including phenoxy) is 1. The second kappa shape index (κ2) is 6.44. The summed E-state index contributed by atoms with van der Waals surface area (Å²) in [6, 6.07) is 8.34. The summed E-state index contributed by atoms with van der Waals surface area (Å²) >= 11 is 3.83. The monoisotopic (exact) mass is 296 g/mol. The first-order valence-electron chi connectivity index (χ1n) is 6.55. The van der Waals surface area contributed by atoms with Crippen LogP contribution in [0.3, 0.4) is 0 Å². The number of rotatable bonds is 5. The van der Waals surface area contributed by atoms with Gasteiger partial charge in [-0.2, -0.15) is 0 Å². The zero-order valence-electron chi connectivity index (χ0n) is 10.5. The maximum atomic E-state index is 5.40. The molecule has 0 aliphatic heterocycles. The van der Waals surface area contributed by atoms with Crippen LogP contribution in [0.2, 0.25) is 0 Å². The van der Waals surface area contributed by atoms with E-state index in [-0.39, 0.29) is 0 Å². The topological polar surface area (TPSA) is 9.23 Å². The third-order valence-electron chi connectivity index (χ3n) is 3.70. The van der Waals surface area contributed by atoms with Crippen molar-refractivity contribution in [3.63, 3.8) is 0 Å². The number of hydrogen-bond acceptors (Lipinski definition) is 1. The molecule has 1 atom stereocenters. The first-order chi connectivity index (χ1) is 8.29. The fourth-order valence-corrected chi connectivity index (χ4v) is 3.68. The lowest BCUT2D eigenvalue weighted by atomic mass is 9.98.